The van der Waals surface area contributed by atoms with E-state index in [1.807, 2.05) is 42.2 Å². The van der Waals surface area contributed by atoms with E-state index in [0.717, 1.165) is 32.7 Å². The van der Waals surface area contributed by atoms with Crippen LogP contribution in [0.15, 0.2) is 18.3 Å². The molecule has 1 amide bonds. The molecule has 1 aliphatic rings. The second-order valence-electron chi connectivity index (χ2n) is 5.60. The molecule has 6 nitrogen and oxygen atoms in total. The van der Waals surface area contributed by atoms with Gasteiger partial charge in [-0.15, -0.1) is 0 Å². The minimum absolute atomic E-state index is 0.214. The van der Waals surface area contributed by atoms with E-state index < -0.39 is 0 Å². The second-order valence-corrected chi connectivity index (χ2v) is 5.60. The first kappa shape index (κ1) is 15.7. The van der Waals surface area contributed by atoms with Crippen molar-refractivity contribution in [1.82, 2.24) is 19.7 Å². The van der Waals surface area contributed by atoms with Gasteiger partial charge in [0.05, 0.1) is 13.7 Å². The number of ether oxygens (including phenoxy) is 1. The Balaban J connectivity index is 1.79. The third-order valence-corrected chi connectivity index (χ3v) is 3.59. The summed E-state index contributed by atoms with van der Waals surface area (Å²) in [6.07, 6.45) is 1.85. The van der Waals surface area contributed by atoms with Crippen LogP contribution in [0.25, 0.3) is 0 Å². The van der Waals surface area contributed by atoms with Crippen LogP contribution in [0.5, 0.6) is 5.88 Å². The van der Waals surface area contributed by atoms with Crippen molar-refractivity contribution in [3.8, 4) is 5.88 Å². The summed E-state index contributed by atoms with van der Waals surface area (Å²) in [5.41, 5.74) is 1.17. The van der Waals surface area contributed by atoms with Gasteiger partial charge in [0.25, 0.3) is 0 Å². The van der Waals surface area contributed by atoms with Gasteiger partial charge in [-0.05, 0) is 19.7 Å². The van der Waals surface area contributed by atoms with Crippen molar-refractivity contribution in [2.75, 3.05) is 53.9 Å². The van der Waals surface area contributed by atoms with E-state index in [0.29, 0.717) is 12.4 Å². The summed E-state index contributed by atoms with van der Waals surface area (Å²) in [5, 5.41) is 0. The minimum atomic E-state index is 0.214. The molecule has 0 saturated carbocycles. The van der Waals surface area contributed by atoms with Gasteiger partial charge in [-0.2, -0.15) is 0 Å². The van der Waals surface area contributed by atoms with Crippen LogP contribution in [-0.4, -0.2) is 79.5 Å². The van der Waals surface area contributed by atoms with Gasteiger partial charge in [0.1, 0.15) is 0 Å². The summed E-state index contributed by atoms with van der Waals surface area (Å²) in [6, 6.07) is 3.92. The maximum atomic E-state index is 12.0. The first-order chi connectivity index (χ1) is 10.1. The number of piperazine rings is 1. The molecule has 2 heterocycles. The highest BCUT2D eigenvalue weighted by atomic mass is 16.5. The standard InChI is InChI=1S/C15H24N4O2/c1-17(2)12-15(20)19-8-6-18(7-9-19)11-13-4-5-14(21-3)16-10-13/h4-5,10H,6-9,11-12H2,1-3H3. The number of rotatable bonds is 5. The monoisotopic (exact) mass is 292 g/mol. The van der Waals surface area contributed by atoms with Crippen LogP contribution in [-0.2, 0) is 11.3 Å². The Bertz CT molecular complexity index is 453. The lowest BCUT2D eigenvalue weighted by atomic mass is 10.2. The molecule has 0 unspecified atom stereocenters. The average Bonchev–Trinajstić information content (AvgIpc) is 2.48. The van der Waals surface area contributed by atoms with Gasteiger partial charge in [0, 0.05) is 45.0 Å². The maximum absolute atomic E-state index is 12.0. The lowest BCUT2D eigenvalue weighted by Crippen LogP contribution is -2.50. The molecule has 1 aliphatic heterocycles. The van der Waals surface area contributed by atoms with Crippen molar-refractivity contribution >= 4 is 5.91 Å². The topological polar surface area (TPSA) is 48.9 Å². The SMILES string of the molecule is COc1ccc(CN2CCN(C(=O)CN(C)C)CC2)cn1. The highest BCUT2D eigenvalue weighted by Crippen LogP contribution is 2.11. The number of hydrogen-bond acceptors (Lipinski definition) is 5. The molecule has 2 rings (SSSR count). The number of likely N-dealkylation sites (N-methyl/N-ethyl adjacent to an activating group) is 1. The Morgan fingerprint density at radius 3 is 2.52 bits per heavy atom. The molecule has 0 spiro atoms. The number of nitrogens with zero attached hydrogens (tertiary/aromatic N) is 4. The molecular formula is C15H24N4O2. The zero-order valence-electron chi connectivity index (χ0n) is 13.1. The van der Waals surface area contributed by atoms with Crippen LogP contribution in [0.2, 0.25) is 0 Å². The maximum Gasteiger partial charge on any atom is 0.236 e. The van der Waals surface area contributed by atoms with Gasteiger partial charge in [-0.1, -0.05) is 6.07 Å². The summed E-state index contributed by atoms with van der Waals surface area (Å²) >= 11 is 0. The van der Waals surface area contributed by atoms with E-state index in [4.69, 9.17) is 4.74 Å². The highest BCUT2D eigenvalue weighted by Gasteiger charge is 2.21. The molecule has 6 heteroatoms. The Kier molecular flexibility index (Phi) is 5.52. The molecule has 21 heavy (non-hydrogen) atoms. The predicted molar refractivity (Wildman–Crippen MR) is 81.2 cm³/mol. The Labute approximate surface area is 126 Å². The van der Waals surface area contributed by atoms with E-state index >= 15 is 0 Å². The van der Waals surface area contributed by atoms with Crippen molar-refractivity contribution in [3.63, 3.8) is 0 Å². The zero-order valence-corrected chi connectivity index (χ0v) is 13.1. The first-order valence-electron chi connectivity index (χ1n) is 7.22. The molecule has 1 saturated heterocycles. The Morgan fingerprint density at radius 2 is 2.00 bits per heavy atom. The normalized spacial score (nSPS) is 16.3. The van der Waals surface area contributed by atoms with E-state index in [-0.39, 0.29) is 5.91 Å². The van der Waals surface area contributed by atoms with Crippen molar-refractivity contribution in [1.29, 1.82) is 0 Å². The molecule has 0 aliphatic carbocycles. The van der Waals surface area contributed by atoms with Crippen molar-refractivity contribution in [3.05, 3.63) is 23.9 Å². The van der Waals surface area contributed by atoms with E-state index in [9.17, 15) is 4.79 Å². The largest absolute Gasteiger partial charge is 0.481 e. The van der Waals surface area contributed by atoms with Gasteiger partial charge >= 0.3 is 0 Å². The number of amides is 1. The quantitative estimate of drug-likeness (QED) is 0.781. The summed E-state index contributed by atoms with van der Waals surface area (Å²) in [7, 11) is 5.46. The van der Waals surface area contributed by atoms with Crippen LogP contribution in [0.4, 0.5) is 0 Å². The molecule has 0 aromatic carbocycles. The van der Waals surface area contributed by atoms with E-state index in [2.05, 4.69) is 9.88 Å². The third kappa shape index (κ3) is 4.68. The molecule has 0 radical (unpaired) electrons. The predicted octanol–water partition coefficient (Wildman–Crippen LogP) is 0.296. The first-order valence-corrected chi connectivity index (χ1v) is 7.22. The number of carbonyl (C=O) groups is 1. The summed E-state index contributed by atoms with van der Waals surface area (Å²) in [4.78, 5) is 22.4. The van der Waals surface area contributed by atoms with Gasteiger partial charge in [0.2, 0.25) is 11.8 Å². The fourth-order valence-corrected chi connectivity index (χ4v) is 2.41. The van der Waals surface area contributed by atoms with Crippen molar-refractivity contribution in [2.45, 2.75) is 6.54 Å². The number of aromatic nitrogens is 1. The second kappa shape index (κ2) is 7.38. The van der Waals surface area contributed by atoms with Crippen LogP contribution in [0.3, 0.4) is 0 Å². The summed E-state index contributed by atoms with van der Waals surface area (Å²) in [5.74, 6) is 0.851. The van der Waals surface area contributed by atoms with Gasteiger partial charge < -0.3 is 14.5 Å². The highest BCUT2D eigenvalue weighted by molar-refractivity contribution is 5.78. The number of pyridine rings is 1. The van der Waals surface area contributed by atoms with Crippen LogP contribution >= 0.6 is 0 Å². The molecule has 1 aromatic heterocycles. The molecular weight excluding hydrogens is 268 g/mol. The molecule has 116 valence electrons. The molecule has 1 fully saturated rings. The minimum Gasteiger partial charge on any atom is -0.481 e. The summed E-state index contributed by atoms with van der Waals surface area (Å²) < 4.78 is 5.06. The molecule has 0 N–H and O–H groups in total. The van der Waals surface area contributed by atoms with Gasteiger partial charge in [-0.3, -0.25) is 9.69 Å². The fourth-order valence-electron chi connectivity index (χ4n) is 2.41. The third-order valence-electron chi connectivity index (χ3n) is 3.59. The van der Waals surface area contributed by atoms with Crippen LogP contribution in [0, 0.1) is 0 Å². The lowest BCUT2D eigenvalue weighted by molar-refractivity contribution is -0.133. The van der Waals surface area contributed by atoms with Gasteiger partial charge in [0.15, 0.2) is 0 Å². The molecule has 1 aromatic rings. The van der Waals surface area contributed by atoms with Crippen molar-refractivity contribution < 1.29 is 9.53 Å². The van der Waals surface area contributed by atoms with E-state index in [1.54, 1.807) is 7.11 Å². The van der Waals surface area contributed by atoms with Crippen LogP contribution < -0.4 is 4.74 Å². The molecule has 0 atom stereocenters. The Hall–Kier alpha value is -1.66. The average molecular weight is 292 g/mol. The number of carbonyl (C=O) groups excluding carboxylic acids is 1. The van der Waals surface area contributed by atoms with Crippen LogP contribution in [0.1, 0.15) is 5.56 Å². The smallest absolute Gasteiger partial charge is 0.236 e. The van der Waals surface area contributed by atoms with Gasteiger partial charge in [-0.25, -0.2) is 4.98 Å². The lowest BCUT2D eigenvalue weighted by Gasteiger charge is -2.35. The number of methoxy groups -OCH3 is 1. The zero-order chi connectivity index (χ0) is 15.2. The van der Waals surface area contributed by atoms with Crippen molar-refractivity contribution in [2.24, 2.45) is 0 Å². The number of hydrogen-bond donors (Lipinski definition) is 0. The van der Waals surface area contributed by atoms with E-state index in [1.165, 1.54) is 5.56 Å². The summed E-state index contributed by atoms with van der Waals surface area (Å²) in [6.45, 7) is 4.78. The fraction of sp³-hybridized carbons (Fsp3) is 0.600. The molecule has 0 bridgehead atoms. The Morgan fingerprint density at radius 1 is 1.29 bits per heavy atom.